The van der Waals surface area contributed by atoms with E-state index >= 15 is 0 Å². The molecule has 134 valence electrons. The Kier molecular flexibility index (Phi) is 5.65. The SMILES string of the molecule is CC(C)c1nc(OC2CCN(Cc3ncc(O)cn3)CC2)ncc1Cl. The summed E-state index contributed by atoms with van der Waals surface area (Å²) < 4.78 is 5.94. The molecule has 0 amide bonds. The van der Waals surface area contributed by atoms with E-state index in [0.717, 1.165) is 31.6 Å². The van der Waals surface area contributed by atoms with Crippen LogP contribution in [0.5, 0.6) is 11.8 Å². The molecule has 1 fully saturated rings. The molecule has 2 aromatic rings. The van der Waals surface area contributed by atoms with Crippen LogP contribution < -0.4 is 4.74 Å². The molecule has 8 heteroatoms. The van der Waals surface area contributed by atoms with Crippen molar-refractivity contribution in [1.82, 2.24) is 24.8 Å². The Morgan fingerprint density at radius 1 is 1.20 bits per heavy atom. The Morgan fingerprint density at radius 2 is 1.88 bits per heavy atom. The lowest BCUT2D eigenvalue weighted by molar-refractivity contribution is 0.0877. The molecular formula is C17H22ClN5O2. The maximum absolute atomic E-state index is 9.23. The molecule has 0 radical (unpaired) electrons. The van der Waals surface area contributed by atoms with E-state index in [1.165, 1.54) is 12.4 Å². The number of hydrogen-bond acceptors (Lipinski definition) is 7. The third-order valence-electron chi connectivity index (χ3n) is 4.16. The Hall–Kier alpha value is -1.99. The van der Waals surface area contributed by atoms with Gasteiger partial charge >= 0.3 is 6.01 Å². The quantitative estimate of drug-likeness (QED) is 0.874. The van der Waals surface area contributed by atoms with Gasteiger partial charge in [0.2, 0.25) is 0 Å². The first-order valence-corrected chi connectivity index (χ1v) is 8.80. The van der Waals surface area contributed by atoms with E-state index in [4.69, 9.17) is 16.3 Å². The number of rotatable bonds is 5. The zero-order chi connectivity index (χ0) is 17.8. The van der Waals surface area contributed by atoms with Crippen molar-refractivity contribution in [2.45, 2.75) is 45.3 Å². The largest absolute Gasteiger partial charge is 0.505 e. The van der Waals surface area contributed by atoms with Gasteiger partial charge in [-0.2, -0.15) is 4.98 Å². The van der Waals surface area contributed by atoms with Crippen molar-refractivity contribution in [1.29, 1.82) is 0 Å². The number of aromatic nitrogens is 4. The van der Waals surface area contributed by atoms with Gasteiger partial charge in [0.25, 0.3) is 0 Å². The van der Waals surface area contributed by atoms with Gasteiger partial charge in [0.05, 0.1) is 35.9 Å². The molecule has 1 aliphatic heterocycles. The van der Waals surface area contributed by atoms with Crippen LogP contribution in [0.4, 0.5) is 0 Å². The Balaban J connectivity index is 1.52. The Labute approximate surface area is 152 Å². The zero-order valence-electron chi connectivity index (χ0n) is 14.4. The summed E-state index contributed by atoms with van der Waals surface area (Å²) in [6, 6.07) is 0.397. The molecular weight excluding hydrogens is 342 g/mol. The van der Waals surface area contributed by atoms with Crippen LogP contribution >= 0.6 is 11.6 Å². The van der Waals surface area contributed by atoms with Gasteiger partial charge in [0.1, 0.15) is 11.9 Å². The molecule has 25 heavy (non-hydrogen) atoms. The van der Waals surface area contributed by atoms with Crippen molar-refractivity contribution in [3.63, 3.8) is 0 Å². The van der Waals surface area contributed by atoms with Crippen molar-refractivity contribution in [3.05, 3.63) is 35.1 Å². The third-order valence-corrected chi connectivity index (χ3v) is 4.45. The summed E-state index contributed by atoms with van der Waals surface area (Å²) in [5.41, 5.74) is 0.814. The first-order valence-electron chi connectivity index (χ1n) is 8.42. The predicted octanol–water partition coefficient (Wildman–Crippen LogP) is 2.79. The van der Waals surface area contributed by atoms with Crippen LogP contribution in [0.2, 0.25) is 5.02 Å². The number of nitrogens with zero attached hydrogens (tertiary/aromatic N) is 5. The first-order chi connectivity index (χ1) is 12.0. The molecule has 0 atom stereocenters. The van der Waals surface area contributed by atoms with E-state index in [1.807, 2.05) is 13.8 Å². The topological polar surface area (TPSA) is 84.3 Å². The van der Waals surface area contributed by atoms with Crippen LogP contribution in [0, 0.1) is 0 Å². The van der Waals surface area contributed by atoms with E-state index in [0.29, 0.717) is 23.4 Å². The minimum absolute atomic E-state index is 0.0830. The summed E-state index contributed by atoms with van der Waals surface area (Å²) in [5, 5.41) is 9.81. The highest BCUT2D eigenvalue weighted by Crippen LogP contribution is 2.24. The van der Waals surface area contributed by atoms with Gasteiger partial charge in [-0.1, -0.05) is 25.4 Å². The highest BCUT2D eigenvalue weighted by molar-refractivity contribution is 6.31. The fraction of sp³-hybridized carbons (Fsp3) is 0.529. The van der Waals surface area contributed by atoms with Gasteiger partial charge in [-0.15, -0.1) is 0 Å². The van der Waals surface area contributed by atoms with Crippen molar-refractivity contribution < 1.29 is 9.84 Å². The van der Waals surface area contributed by atoms with E-state index in [2.05, 4.69) is 24.8 Å². The minimum atomic E-state index is 0.0830. The van der Waals surface area contributed by atoms with Gasteiger partial charge in [0.15, 0.2) is 5.75 Å². The van der Waals surface area contributed by atoms with E-state index in [-0.39, 0.29) is 17.8 Å². The standard InChI is InChI=1S/C17H22ClN5O2/c1-11(2)16-14(18)9-21-17(22-16)25-13-3-5-23(6-4-13)10-15-19-7-12(24)8-20-15/h7-9,11,13,24H,3-6,10H2,1-2H3. The van der Waals surface area contributed by atoms with Gasteiger partial charge in [-0.05, 0) is 18.8 Å². The summed E-state index contributed by atoms with van der Waals surface area (Å²) >= 11 is 6.13. The highest BCUT2D eigenvalue weighted by atomic mass is 35.5. The predicted molar refractivity (Wildman–Crippen MR) is 93.8 cm³/mol. The lowest BCUT2D eigenvalue weighted by Gasteiger charge is -2.31. The van der Waals surface area contributed by atoms with Crippen molar-refractivity contribution >= 4 is 11.6 Å². The van der Waals surface area contributed by atoms with E-state index in [1.54, 1.807) is 6.20 Å². The highest BCUT2D eigenvalue weighted by Gasteiger charge is 2.22. The molecule has 0 bridgehead atoms. The molecule has 3 heterocycles. The number of halogens is 1. The summed E-state index contributed by atoms with van der Waals surface area (Å²) in [4.78, 5) is 19.2. The number of hydrogen-bond donors (Lipinski definition) is 1. The minimum Gasteiger partial charge on any atom is -0.505 e. The molecule has 0 unspecified atom stereocenters. The molecule has 2 aromatic heterocycles. The normalized spacial score (nSPS) is 16.3. The number of likely N-dealkylation sites (tertiary alicyclic amines) is 1. The van der Waals surface area contributed by atoms with Crippen molar-refractivity contribution in [3.8, 4) is 11.8 Å². The molecule has 0 aromatic carbocycles. The zero-order valence-corrected chi connectivity index (χ0v) is 15.1. The van der Waals surface area contributed by atoms with Crippen molar-refractivity contribution in [2.75, 3.05) is 13.1 Å². The van der Waals surface area contributed by atoms with Gasteiger partial charge in [-0.25, -0.2) is 15.0 Å². The number of ether oxygens (including phenoxy) is 1. The fourth-order valence-electron chi connectivity index (χ4n) is 2.79. The lowest BCUT2D eigenvalue weighted by atomic mass is 10.1. The van der Waals surface area contributed by atoms with Crippen LogP contribution in [-0.4, -0.2) is 49.1 Å². The Morgan fingerprint density at radius 3 is 2.52 bits per heavy atom. The van der Waals surface area contributed by atoms with E-state index < -0.39 is 0 Å². The molecule has 1 N–H and O–H groups in total. The number of aromatic hydroxyl groups is 1. The second kappa shape index (κ2) is 7.93. The van der Waals surface area contributed by atoms with Crippen LogP contribution in [0.3, 0.4) is 0 Å². The summed E-state index contributed by atoms with van der Waals surface area (Å²) in [6.45, 7) is 6.53. The van der Waals surface area contributed by atoms with Crippen LogP contribution in [0.15, 0.2) is 18.6 Å². The summed E-state index contributed by atoms with van der Waals surface area (Å²) in [7, 11) is 0. The summed E-state index contributed by atoms with van der Waals surface area (Å²) in [5.74, 6) is 1.02. The maximum atomic E-state index is 9.23. The van der Waals surface area contributed by atoms with Gasteiger partial charge < -0.3 is 9.84 Å². The van der Waals surface area contributed by atoms with Gasteiger partial charge in [-0.3, -0.25) is 4.90 Å². The van der Waals surface area contributed by atoms with E-state index in [9.17, 15) is 5.11 Å². The molecule has 0 aliphatic carbocycles. The van der Waals surface area contributed by atoms with Crippen LogP contribution in [-0.2, 0) is 6.54 Å². The third kappa shape index (κ3) is 4.76. The fourth-order valence-corrected chi connectivity index (χ4v) is 3.10. The molecule has 0 spiro atoms. The first kappa shape index (κ1) is 17.8. The second-order valence-electron chi connectivity index (χ2n) is 6.49. The Bertz CT molecular complexity index is 703. The molecule has 7 nitrogen and oxygen atoms in total. The smallest absolute Gasteiger partial charge is 0.316 e. The number of piperidine rings is 1. The average molecular weight is 364 g/mol. The monoisotopic (exact) mass is 363 g/mol. The van der Waals surface area contributed by atoms with Crippen molar-refractivity contribution in [2.24, 2.45) is 0 Å². The van der Waals surface area contributed by atoms with Crippen LogP contribution in [0.1, 0.15) is 44.1 Å². The summed E-state index contributed by atoms with van der Waals surface area (Å²) in [6.07, 6.45) is 6.32. The average Bonchev–Trinajstić information content (AvgIpc) is 2.60. The van der Waals surface area contributed by atoms with Crippen LogP contribution in [0.25, 0.3) is 0 Å². The molecule has 1 aliphatic rings. The molecule has 0 saturated carbocycles. The maximum Gasteiger partial charge on any atom is 0.316 e. The molecule has 3 rings (SSSR count). The lowest BCUT2D eigenvalue weighted by Crippen LogP contribution is -2.38. The second-order valence-corrected chi connectivity index (χ2v) is 6.90. The van der Waals surface area contributed by atoms with Gasteiger partial charge in [0, 0.05) is 13.1 Å². The molecule has 1 saturated heterocycles.